The molecule has 2 N–H and O–H groups in total. The maximum absolute atomic E-state index is 6.50. The summed E-state index contributed by atoms with van der Waals surface area (Å²) in [6.07, 6.45) is 10.7. The smallest absolute Gasteiger partial charge is 0.283 e. The number of aliphatic imine (C=N–C) groups is 1. The molecule has 4 atom stereocenters. The summed E-state index contributed by atoms with van der Waals surface area (Å²) >= 11 is 6.18. The first-order chi connectivity index (χ1) is 15.1. The van der Waals surface area contributed by atoms with Crippen LogP contribution >= 0.6 is 11.6 Å². The lowest BCUT2D eigenvalue weighted by Crippen LogP contribution is -2.52. The van der Waals surface area contributed by atoms with Crippen LogP contribution in [0.3, 0.4) is 0 Å². The third-order valence-electron chi connectivity index (χ3n) is 7.30. The van der Waals surface area contributed by atoms with E-state index >= 15 is 0 Å². The van der Waals surface area contributed by atoms with Crippen molar-refractivity contribution in [2.24, 2.45) is 16.6 Å². The van der Waals surface area contributed by atoms with Crippen molar-refractivity contribution < 1.29 is 14.2 Å². The third-order valence-corrected chi connectivity index (χ3v) is 7.51. The molecular weight excluding hydrogens is 414 g/mol. The monoisotopic (exact) mass is 439 g/mol. The van der Waals surface area contributed by atoms with E-state index in [4.69, 9.17) is 36.5 Å². The van der Waals surface area contributed by atoms with E-state index in [0.29, 0.717) is 17.7 Å². The van der Waals surface area contributed by atoms with Crippen LogP contribution < -0.4 is 10.5 Å². The summed E-state index contributed by atoms with van der Waals surface area (Å²) in [7, 11) is 0. The lowest BCUT2D eigenvalue weighted by atomic mass is 9.67. The fraction of sp³-hybridized carbons (Fsp3) is 0.500. The van der Waals surface area contributed by atoms with Crippen molar-refractivity contribution in [1.82, 2.24) is 4.98 Å². The van der Waals surface area contributed by atoms with Crippen molar-refractivity contribution in [3.63, 3.8) is 0 Å². The molecule has 2 saturated carbocycles. The maximum atomic E-state index is 6.50. The number of hydrogen-bond donors (Lipinski definition) is 1. The number of pyridine rings is 1. The highest BCUT2D eigenvalue weighted by Crippen LogP contribution is 2.53. The number of aromatic nitrogens is 1. The number of halogens is 1. The number of amidine groups is 1. The molecule has 162 valence electrons. The number of fused-ring (bicyclic) bond motifs is 4. The van der Waals surface area contributed by atoms with Gasteiger partial charge in [-0.2, -0.15) is 0 Å². The molecule has 0 radical (unpaired) electrons. The molecule has 3 heterocycles. The van der Waals surface area contributed by atoms with Gasteiger partial charge < -0.3 is 19.9 Å². The fourth-order valence-corrected chi connectivity index (χ4v) is 5.68. The highest BCUT2D eigenvalue weighted by molar-refractivity contribution is 6.30. The molecule has 0 saturated heterocycles. The van der Waals surface area contributed by atoms with Gasteiger partial charge in [-0.05, 0) is 62.3 Å². The molecule has 2 aromatic rings. The molecular formula is C24H26ClN3O3. The van der Waals surface area contributed by atoms with Crippen LogP contribution in [0.4, 0.5) is 0 Å². The Hall–Kier alpha value is -2.31. The zero-order valence-electron chi connectivity index (χ0n) is 17.3. The molecule has 4 aliphatic rings. The molecule has 2 aliphatic carbocycles. The summed E-state index contributed by atoms with van der Waals surface area (Å²) in [5.41, 5.74) is 8.52. The minimum absolute atomic E-state index is 0.0886. The van der Waals surface area contributed by atoms with Gasteiger partial charge in [0.2, 0.25) is 0 Å². The number of nitrogens with zero attached hydrogens (tertiary/aromatic N) is 2. The Kier molecular flexibility index (Phi) is 4.62. The van der Waals surface area contributed by atoms with Crippen LogP contribution in [0.1, 0.15) is 44.1 Å². The number of hydrogen-bond acceptors (Lipinski definition) is 6. The molecule has 2 aliphatic heterocycles. The molecule has 0 amide bonds. The van der Waals surface area contributed by atoms with Crippen molar-refractivity contribution in [3.8, 4) is 16.9 Å². The van der Waals surface area contributed by atoms with E-state index in [2.05, 4.69) is 17.1 Å². The number of ether oxygens (including phenoxy) is 3. The SMILES string of the molecule is NC1=NC2(CO1)c1cc(-c3cncc(Cl)c3)ccc1O[C@H]1CC[C@H](OC3CCC3)C[C@@H]12. The Morgan fingerprint density at radius 1 is 1.06 bits per heavy atom. The van der Waals surface area contributed by atoms with E-state index < -0.39 is 5.54 Å². The average Bonchev–Trinajstić information content (AvgIpc) is 3.13. The van der Waals surface area contributed by atoms with Crippen molar-refractivity contribution >= 4 is 17.6 Å². The number of benzene rings is 1. The molecule has 2 fully saturated rings. The predicted octanol–water partition coefficient (Wildman–Crippen LogP) is 4.44. The van der Waals surface area contributed by atoms with E-state index in [-0.39, 0.29) is 24.1 Å². The van der Waals surface area contributed by atoms with Crippen LogP contribution in [0.25, 0.3) is 11.1 Å². The van der Waals surface area contributed by atoms with Crippen LogP contribution in [0.15, 0.2) is 41.7 Å². The standard InChI is InChI=1S/C24H26ClN3O3/c25-16-8-15(11-27-12-16)14-4-6-21-19(9-14)24(13-29-23(26)28-24)20-10-18(5-7-22(20)31-21)30-17-2-1-3-17/h4,6,8-9,11-12,17-18,20,22H,1-3,5,7,10,13H2,(H2,26,28)/t18-,20-,22-,24?/m0/s1. The van der Waals surface area contributed by atoms with Crippen LogP contribution in [-0.2, 0) is 15.0 Å². The second-order valence-corrected chi connectivity index (χ2v) is 9.59. The Morgan fingerprint density at radius 2 is 1.97 bits per heavy atom. The van der Waals surface area contributed by atoms with Crippen molar-refractivity contribution in [2.45, 2.75) is 62.4 Å². The number of rotatable bonds is 3. The molecule has 6 rings (SSSR count). The minimum atomic E-state index is -0.550. The van der Waals surface area contributed by atoms with Crippen molar-refractivity contribution in [3.05, 3.63) is 47.2 Å². The Morgan fingerprint density at radius 3 is 2.71 bits per heavy atom. The Labute approximate surface area is 186 Å². The number of nitrogens with two attached hydrogens (primary N) is 1. The van der Waals surface area contributed by atoms with Crippen LogP contribution in [-0.4, -0.2) is 35.9 Å². The van der Waals surface area contributed by atoms with E-state index in [9.17, 15) is 0 Å². The molecule has 7 heteroatoms. The first kappa shape index (κ1) is 19.4. The highest BCUT2D eigenvalue weighted by atomic mass is 35.5. The average molecular weight is 440 g/mol. The molecule has 1 aromatic heterocycles. The summed E-state index contributed by atoms with van der Waals surface area (Å²) in [6, 6.07) is 8.39. The van der Waals surface area contributed by atoms with E-state index in [0.717, 1.165) is 41.7 Å². The van der Waals surface area contributed by atoms with Gasteiger partial charge in [-0.1, -0.05) is 17.7 Å². The van der Waals surface area contributed by atoms with Gasteiger partial charge in [-0.3, -0.25) is 4.98 Å². The lowest BCUT2D eigenvalue weighted by Gasteiger charge is -2.48. The van der Waals surface area contributed by atoms with Crippen LogP contribution in [0.2, 0.25) is 5.02 Å². The second kappa shape index (κ2) is 7.38. The lowest BCUT2D eigenvalue weighted by molar-refractivity contribution is -0.106. The van der Waals surface area contributed by atoms with Crippen LogP contribution in [0.5, 0.6) is 5.75 Å². The molecule has 1 unspecified atom stereocenters. The predicted molar refractivity (Wildman–Crippen MR) is 118 cm³/mol. The summed E-state index contributed by atoms with van der Waals surface area (Å²) in [6.45, 7) is 0.434. The second-order valence-electron chi connectivity index (χ2n) is 9.15. The normalized spacial score (nSPS) is 31.8. The molecule has 0 bridgehead atoms. The quantitative estimate of drug-likeness (QED) is 0.764. The van der Waals surface area contributed by atoms with Crippen molar-refractivity contribution in [1.29, 1.82) is 0 Å². The maximum Gasteiger partial charge on any atom is 0.283 e. The zero-order valence-corrected chi connectivity index (χ0v) is 18.1. The van der Waals surface area contributed by atoms with Gasteiger partial charge in [0, 0.05) is 29.4 Å². The van der Waals surface area contributed by atoms with Crippen molar-refractivity contribution in [2.75, 3.05) is 6.61 Å². The fourth-order valence-electron chi connectivity index (χ4n) is 5.51. The highest BCUT2D eigenvalue weighted by Gasteiger charge is 2.56. The zero-order chi connectivity index (χ0) is 21.0. The van der Waals surface area contributed by atoms with E-state index in [1.165, 1.54) is 19.3 Å². The van der Waals surface area contributed by atoms with E-state index in [1.807, 2.05) is 18.3 Å². The largest absolute Gasteiger partial charge is 0.490 e. The van der Waals surface area contributed by atoms with Gasteiger partial charge in [-0.15, -0.1) is 0 Å². The molecule has 1 spiro atoms. The van der Waals surface area contributed by atoms with Gasteiger partial charge in [0.05, 0.1) is 17.2 Å². The van der Waals surface area contributed by atoms with Gasteiger partial charge in [-0.25, -0.2) is 4.99 Å². The topological polar surface area (TPSA) is 79.0 Å². The first-order valence-electron chi connectivity index (χ1n) is 11.2. The Balaban J connectivity index is 1.40. The molecule has 6 nitrogen and oxygen atoms in total. The van der Waals surface area contributed by atoms with E-state index in [1.54, 1.807) is 6.20 Å². The third kappa shape index (κ3) is 3.28. The van der Waals surface area contributed by atoms with Gasteiger partial charge in [0.1, 0.15) is 24.0 Å². The Bertz CT molecular complexity index is 1040. The summed E-state index contributed by atoms with van der Waals surface area (Å²) in [4.78, 5) is 9.14. The van der Waals surface area contributed by atoms with Gasteiger partial charge in [0.25, 0.3) is 6.02 Å². The van der Waals surface area contributed by atoms with Crippen LogP contribution in [0, 0.1) is 5.92 Å². The summed E-state index contributed by atoms with van der Waals surface area (Å²) < 4.78 is 18.7. The summed E-state index contributed by atoms with van der Waals surface area (Å²) in [5, 5.41) is 0.607. The summed E-state index contributed by atoms with van der Waals surface area (Å²) in [5.74, 6) is 1.02. The minimum Gasteiger partial charge on any atom is -0.490 e. The molecule has 31 heavy (non-hydrogen) atoms. The van der Waals surface area contributed by atoms with Gasteiger partial charge in [0.15, 0.2) is 0 Å². The first-order valence-corrected chi connectivity index (χ1v) is 11.5. The molecule has 1 aromatic carbocycles. The van der Waals surface area contributed by atoms with Gasteiger partial charge >= 0.3 is 0 Å².